The molecular weight excluding hydrogens is 428 g/mol. The average Bonchev–Trinajstić information content (AvgIpc) is 2.86. The summed E-state index contributed by atoms with van der Waals surface area (Å²) in [7, 11) is 0. The van der Waals surface area contributed by atoms with E-state index in [-0.39, 0.29) is 12.1 Å². The van der Waals surface area contributed by atoms with Gasteiger partial charge < -0.3 is 31.3 Å². The van der Waals surface area contributed by atoms with E-state index in [0.29, 0.717) is 5.96 Å². The molecule has 1 aromatic rings. The van der Waals surface area contributed by atoms with Crippen molar-refractivity contribution in [3.05, 3.63) is 29.8 Å². The predicted octanol–water partition coefficient (Wildman–Crippen LogP) is 2.62. The predicted molar refractivity (Wildman–Crippen MR) is 139 cm³/mol. The number of guanidine groups is 2. The molecule has 2 aliphatic rings. The second kappa shape index (κ2) is 14.3. The van der Waals surface area contributed by atoms with E-state index in [1.54, 1.807) is 0 Å². The lowest BCUT2D eigenvalue weighted by atomic mass is 10.1. The highest BCUT2D eigenvalue weighted by atomic mass is 16.5. The number of hydrogen-bond acceptors (Lipinski definition) is 5. The van der Waals surface area contributed by atoms with Crippen molar-refractivity contribution in [3.8, 4) is 5.75 Å². The van der Waals surface area contributed by atoms with Crippen LogP contribution in [0.5, 0.6) is 5.75 Å². The first-order valence-electron chi connectivity index (χ1n) is 12.8. The van der Waals surface area contributed by atoms with Gasteiger partial charge in [0.25, 0.3) is 0 Å². The summed E-state index contributed by atoms with van der Waals surface area (Å²) in [5.74, 6) is 2.48. The van der Waals surface area contributed by atoms with Crippen LogP contribution in [0.4, 0.5) is 0 Å². The Morgan fingerprint density at radius 3 is 2.26 bits per heavy atom. The van der Waals surface area contributed by atoms with Gasteiger partial charge in [-0.05, 0) is 43.5 Å². The van der Waals surface area contributed by atoms with E-state index in [1.165, 1.54) is 19.3 Å². The van der Waals surface area contributed by atoms with E-state index in [2.05, 4.69) is 38.0 Å². The van der Waals surface area contributed by atoms with Gasteiger partial charge in [-0.3, -0.25) is 15.8 Å². The quantitative estimate of drug-likeness (QED) is 0.158. The molecule has 0 aromatic heterocycles. The number of unbranched alkanes of at least 4 members (excludes halogenated alkanes) is 5. The zero-order valence-corrected chi connectivity index (χ0v) is 20.4. The molecule has 7 N–H and O–H groups in total. The van der Waals surface area contributed by atoms with E-state index >= 15 is 0 Å². The van der Waals surface area contributed by atoms with Gasteiger partial charge in [-0.2, -0.15) is 0 Å². The summed E-state index contributed by atoms with van der Waals surface area (Å²) in [6.45, 7) is 5.23. The third kappa shape index (κ3) is 9.11. The van der Waals surface area contributed by atoms with E-state index in [1.807, 2.05) is 12.1 Å². The number of benzene rings is 1. The molecule has 1 saturated heterocycles. The first-order chi connectivity index (χ1) is 16.6. The van der Waals surface area contributed by atoms with E-state index in [9.17, 15) is 0 Å². The van der Waals surface area contributed by atoms with Crippen molar-refractivity contribution in [2.24, 2.45) is 10.7 Å². The Hall–Kier alpha value is -2.97. The smallest absolute Gasteiger partial charge is 0.191 e. The Kier molecular flexibility index (Phi) is 10.8. The number of aliphatic imine (C=N–C) groups is 1. The molecule has 0 atom stereocenters. The molecule has 2 heterocycles. The van der Waals surface area contributed by atoms with Crippen LogP contribution in [-0.4, -0.2) is 68.0 Å². The van der Waals surface area contributed by atoms with Crippen molar-refractivity contribution in [3.63, 3.8) is 0 Å². The van der Waals surface area contributed by atoms with E-state index < -0.39 is 0 Å². The van der Waals surface area contributed by atoms with Crippen LogP contribution in [0.15, 0.2) is 29.3 Å². The van der Waals surface area contributed by atoms with Crippen LogP contribution in [0.25, 0.3) is 0 Å². The highest BCUT2D eigenvalue weighted by Gasteiger charge is 2.22. The Balaban J connectivity index is 1.23. The second-order valence-corrected chi connectivity index (χ2v) is 9.08. The summed E-state index contributed by atoms with van der Waals surface area (Å²) < 4.78 is 6.20. The zero-order valence-electron chi connectivity index (χ0n) is 20.4. The fraction of sp³-hybridized carbons (Fsp3) is 0.640. The van der Waals surface area contributed by atoms with Crippen LogP contribution >= 0.6 is 0 Å². The van der Waals surface area contributed by atoms with E-state index in [0.717, 1.165) is 94.9 Å². The molecule has 0 saturated carbocycles. The maximum Gasteiger partial charge on any atom is 0.191 e. The van der Waals surface area contributed by atoms with E-state index in [4.69, 9.17) is 21.3 Å². The van der Waals surface area contributed by atoms with Crippen LogP contribution in [0.2, 0.25) is 0 Å². The van der Waals surface area contributed by atoms with Crippen molar-refractivity contribution in [1.82, 2.24) is 20.9 Å². The zero-order chi connectivity index (χ0) is 24.0. The summed E-state index contributed by atoms with van der Waals surface area (Å²) in [5, 5.41) is 24.9. The Labute approximate surface area is 203 Å². The van der Waals surface area contributed by atoms with Crippen LogP contribution in [0.1, 0.15) is 63.4 Å². The standard InChI is InChI=1S/C25H42N8O/c26-24(27)31-14-5-3-1-2-4-6-15-32-25(28)33-18-12-22(13-19-33)34-21-10-8-20(9-11-21)23-29-16-7-17-30-23/h8-11,22H,1-7,12-19H2,(H2,28,32)(H,29,30)(H4,26,27,31). The lowest BCUT2D eigenvalue weighted by molar-refractivity contribution is 0.129. The summed E-state index contributed by atoms with van der Waals surface area (Å²) in [4.78, 5) is 6.67. The van der Waals surface area contributed by atoms with Gasteiger partial charge in [-0.15, -0.1) is 0 Å². The first-order valence-corrected chi connectivity index (χ1v) is 12.8. The van der Waals surface area contributed by atoms with Crippen LogP contribution in [-0.2, 0) is 0 Å². The largest absolute Gasteiger partial charge is 0.490 e. The van der Waals surface area contributed by atoms with Crippen LogP contribution in [0.3, 0.4) is 0 Å². The van der Waals surface area contributed by atoms with Gasteiger partial charge in [0.2, 0.25) is 0 Å². The number of nitrogens with zero attached hydrogens (tertiary/aromatic N) is 2. The van der Waals surface area contributed by atoms with Gasteiger partial charge in [-0.1, -0.05) is 25.7 Å². The molecule has 9 nitrogen and oxygen atoms in total. The Morgan fingerprint density at radius 1 is 1.00 bits per heavy atom. The van der Waals surface area contributed by atoms with Gasteiger partial charge in [0, 0.05) is 57.7 Å². The molecule has 0 amide bonds. The summed E-state index contributed by atoms with van der Waals surface area (Å²) in [6, 6.07) is 8.22. The van der Waals surface area contributed by atoms with Gasteiger partial charge in [-0.25, -0.2) is 0 Å². The minimum Gasteiger partial charge on any atom is -0.490 e. The Morgan fingerprint density at radius 2 is 1.65 bits per heavy atom. The molecule has 0 bridgehead atoms. The normalized spacial score (nSPS) is 16.4. The number of piperidine rings is 1. The van der Waals surface area contributed by atoms with Crippen molar-refractivity contribution >= 4 is 17.8 Å². The van der Waals surface area contributed by atoms with Crippen molar-refractivity contribution in [2.75, 3.05) is 39.3 Å². The Bertz CT molecular complexity index is 787. The number of ether oxygens (including phenoxy) is 1. The van der Waals surface area contributed by atoms with Gasteiger partial charge in [0.1, 0.15) is 17.7 Å². The monoisotopic (exact) mass is 470 g/mol. The third-order valence-electron chi connectivity index (χ3n) is 6.30. The molecule has 1 aromatic carbocycles. The molecule has 2 aliphatic heterocycles. The lowest BCUT2D eigenvalue weighted by Gasteiger charge is -2.33. The maximum atomic E-state index is 8.34. The number of rotatable bonds is 12. The van der Waals surface area contributed by atoms with Crippen LogP contribution in [0, 0.1) is 10.8 Å². The fourth-order valence-corrected chi connectivity index (χ4v) is 4.31. The number of amidine groups is 1. The lowest BCUT2D eigenvalue weighted by Crippen LogP contribution is -2.47. The molecule has 34 heavy (non-hydrogen) atoms. The van der Waals surface area contributed by atoms with Crippen molar-refractivity contribution in [2.45, 2.75) is 63.9 Å². The van der Waals surface area contributed by atoms with Gasteiger partial charge in [0.05, 0.1) is 0 Å². The topological polar surface area (TPSA) is 135 Å². The van der Waals surface area contributed by atoms with Gasteiger partial charge >= 0.3 is 0 Å². The first kappa shape index (κ1) is 25.6. The van der Waals surface area contributed by atoms with Crippen molar-refractivity contribution in [1.29, 1.82) is 10.8 Å². The molecule has 3 rings (SSSR count). The highest BCUT2D eigenvalue weighted by Crippen LogP contribution is 2.20. The number of likely N-dealkylation sites (tertiary alicyclic amines) is 1. The van der Waals surface area contributed by atoms with Crippen molar-refractivity contribution < 1.29 is 4.74 Å². The van der Waals surface area contributed by atoms with Crippen LogP contribution < -0.4 is 26.4 Å². The SMILES string of the molecule is N=C(N)NCCCCCCCCNC(=N)N1CCC(Oc2ccc(C3=NCCCN3)cc2)CC1. The van der Waals surface area contributed by atoms with Gasteiger partial charge in [0.15, 0.2) is 11.9 Å². The number of nitrogens with two attached hydrogens (primary N) is 1. The minimum atomic E-state index is 0.0544. The third-order valence-corrected chi connectivity index (χ3v) is 6.30. The fourth-order valence-electron chi connectivity index (χ4n) is 4.31. The molecule has 188 valence electrons. The number of hydrogen-bond donors (Lipinski definition) is 6. The molecular formula is C25H42N8O. The molecule has 0 aliphatic carbocycles. The second-order valence-electron chi connectivity index (χ2n) is 9.08. The average molecular weight is 471 g/mol. The minimum absolute atomic E-state index is 0.0544. The summed E-state index contributed by atoms with van der Waals surface area (Å²) >= 11 is 0. The summed E-state index contributed by atoms with van der Waals surface area (Å²) in [5.41, 5.74) is 6.38. The highest BCUT2D eigenvalue weighted by molar-refractivity contribution is 5.99. The number of nitrogens with one attached hydrogen (secondary N) is 5. The maximum absolute atomic E-state index is 8.34. The summed E-state index contributed by atoms with van der Waals surface area (Å²) in [6.07, 6.45) is 10.1. The molecule has 1 fully saturated rings. The molecule has 0 spiro atoms. The molecule has 9 heteroatoms. The molecule has 0 radical (unpaired) electrons. The molecule has 0 unspecified atom stereocenters.